The van der Waals surface area contributed by atoms with E-state index in [1.165, 1.54) is 10.5 Å². The Morgan fingerprint density at radius 2 is 2.00 bits per heavy atom. The maximum absolute atomic E-state index is 12.9. The van der Waals surface area contributed by atoms with E-state index in [2.05, 4.69) is 10.00 Å². The van der Waals surface area contributed by atoms with Crippen LogP contribution in [0, 0.1) is 6.92 Å². The zero-order valence-electron chi connectivity index (χ0n) is 13.9. The quantitative estimate of drug-likeness (QED) is 0.840. The molecule has 2 saturated heterocycles. The van der Waals surface area contributed by atoms with Gasteiger partial charge < -0.3 is 10.0 Å². The largest absolute Gasteiger partial charge is 0.387 e. The molecule has 23 heavy (non-hydrogen) atoms. The topological polar surface area (TPSA) is 78.7 Å². The molecule has 1 aromatic heterocycles. The van der Waals surface area contributed by atoms with Gasteiger partial charge in [-0.05, 0) is 46.2 Å². The molecular formula is C15H26N4O3S. The number of β-amino-alcohol motifs (C(OH)–C–C–N with tert-alkyl or cyclic N) is 1. The molecule has 1 aromatic rings. The van der Waals surface area contributed by atoms with Gasteiger partial charge in [-0.25, -0.2) is 8.42 Å². The minimum Gasteiger partial charge on any atom is -0.387 e. The van der Waals surface area contributed by atoms with Crippen molar-refractivity contribution in [1.82, 2.24) is 19.0 Å². The van der Waals surface area contributed by atoms with Crippen molar-refractivity contribution >= 4 is 10.0 Å². The Hall–Kier alpha value is -0.960. The summed E-state index contributed by atoms with van der Waals surface area (Å²) in [6.45, 7) is 7.43. The Kier molecular flexibility index (Phi) is 4.52. The van der Waals surface area contributed by atoms with Gasteiger partial charge in [-0.15, -0.1) is 0 Å². The Balaban J connectivity index is 1.75. The first-order valence-electron chi connectivity index (χ1n) is 8.33. The molecule has 0 aliphatic carbocycles. The zero-order valence-corrected chi connectivity index (χ0v) is 14.7. The molecular weight excluding hydrogens is 316 g/mol. The summed E-state index contributed by atoms with van der Waals surface area (Å²) < 4.78 is 28.8. The Labute approximate surface area is 137 Å². The third-order valence-corrected chi connectivity index (χ3v) is 6.94. The van der Waals surface area contributed by atoms with Crippen LogP contribution in [-0.2, 0) is 16.6 Å². The minimum absolute atomic E-state index is 0.169. The smallest absolute Gasteiger partial charge is 0.246 e. The summed E-state index contributed by atoms with van der Waals surface area (Å²) in [6, 6.07) is 0. The van der Waals surface area contributed by atoms with Crippen molar-refractivity contribution in [1.29, 1.82) is 0 Å². The highest BCUT2D eigenvalue weighted by molar-refractivity contribution is 7.89. The summed E-state index contributed by atoms with van der Waals surface area (Å²) in [7, 11) is -3.59. The predicted octanol–water partition coefficient (Wildman–Crippen LogP) is 0.433. The van der Waals surface area contributed by atoms with E-state index in [1.54, 1.807) is 11.6 Å². The second-order valence-electron chi connectivity index (χ2n) is 6.71. The van der Waals surface area contributed by atoms with Gasteiger partial charge in [0.1, 0.15) is 4.90 Å². The first-order chi connectivity index (χ1) is 10.9. The standard InChI is InChI=1S/C15H26N4O3S/c1-3-19-13(2)14(10-16-19)23(21,22)18-9-6-15(20,12-18)11-17-7-4-5-8-17/h10,20H,3-9,11-12H2,1-2H3/t15-/m1/s1. The third kappa shape index (κ3) is 3.17. The number of likely N-dealkylation sites (tertiary alicyclic amines) is 1. The SMILES string of the molecule is CCn1ncc(S(=O)(=O)N2CC[C@@](O)(CN3CCCC3)C2)c1C. The average molecular weight is 342 g/mol. The molecule has 0 radical (unpaired) electrons. The number of aromatic nitrogens is 2. The van der Waals surface area contributed by atoms with E-state index >= 15 is 0 Å². The minimum atomic E-state index is -3.59. The lowest BCUT2D eigenvalue weighted by atomic mass is 10.0. The second-order valence-corrected chi connectivity index (χ2v) is 8.61. The van der Waals surface area contributed by atoms with Gasteiger partial charge in [0, 0.05) is 26.2 Å². The molecule has 2 aliphatic rings. The number of nitrogens with zero attached hydrogens (tertiary/aromatic N) is 4. The van der Waals surface area contributed by atoms with Gasteiger partial charge in [-0.2, -0.15) is 9.40 Å². The molecule has 7 nitrogen and oxygen atoms in total. The number of sulfonamides is 1. The molecule has 3 rings (SSSR count). The number of rotatable bonds is 5. The summed E-state index contributed by atoms with van der Waals surface area (Å²) in [6.07, 6.45) is 4.23. The fourth-order valence-corrected chi connectivity index (χ4v) is 5.33. The van der Waals surface area contributed by atoms with Crippen LogP contribution in [0.5, 0.6) is 0 Å². The fraction of sp³-hybridized carbons (Fsp3) is 0.800. The van der Waals surface area contributed by atoms with Crippen molar-refractivity contribution in [3.05, 3.63) is 11.9 Å². The molecule has 0 spiro atoms. The van der Waals surface area contributed by atoms with Crippen molar-refractivity contribution in [3.63, 3.8) is 0 Å². The van der Waals surface area contributed by atoms with Gasteiger partial charge in [0.2, 0.25) is 10.0 Å². The van der Waals surface area contributed by atoms with Crippen molar-refractivity contribution in [2.24, 2.45) is 0 Å². The van der Waals surface area contributed by atoms with Crippen LogP contribution >= 0.6 is 0 Å². The molecule has 3 heterocycles. The van der Waals surface area contributed by atoms with E-state index in [9.17, 15) is 13.5 Å². The first-order valence-corrected chi connectivity index (χ1v) is 9.77. The van der Waals surface area contributed by atoms with Crippen LogP contribution in [0.15, 0.2) is 11.1 Å². The molecule has 2 fully saturated rings. The van der Waals surface area contributed by atoms with Crippen molar-refractivity contribution in [3.8, 4) is 0 Å². The normalized spacial score (nSPS) is 27.1. The van der Waals surface area contributed by atoms with E-state index in [0.717, 1.165) is 25.9 Å². The van der Waals surface area contributed by atoms with Crippen LogP contribution in [0.25, 0.3) is 0 Å². The average Bonchev–Trinajstić information content (AvgIpc) is 3.20. The van der Waals surface area contributed by atoms with Crippen molar-refractivity contribution < 1.29 is 13.5 Å². The molecule has 2 aliphatic heterocycles. The molecule has 0 bridgehead atoms. The van der Waals surface area contributed by atoms with Crippen molar-refractivity contribution in [2.45, 2.75) is 50.2 Å². The van der Waals surface area contributed by atoms with Crippen LogP contribution in [-0.4, -0.2) is 70.8 Å². The van der Waals surface area contributed by atoms with Gasteiger partial charge in [-0.1, -0.05) is 0 Å². The summed E-state index contributed by atoms with van der Waals surface area (Å²) in [5.74, 6) is 0. The van der Waals surface area contributed by atoms with E-state index in [1.807, 2.05) is 6.92 Å². The maximum atomic E-state index is 12.9. The number of hydrogen-bond donors (Lipinski definition) is 1. The van der Waals surface area contributed by atoms with Crippen LogP contribution in [0.1, 0.15) is 31.9 Å². The molecule has 0 aromatic carbocycles. The molecule has 0 unspecified atom stereocenters. The van der Waals surface area contributed by atoms with Gasteiger partial charge in [-0.3, -0.25) is 4.68 Å². The number of aliphatic hydroxyl groups is 1. The highest BCUT2D eigenvalue weighted by atomic mass is 32.2. The third-order valence-electron chi connectivity index (χ3n) is 4.99. The lowest BCUT2D eigenvalue weighted by Gasteiger charge is -2.28. The first kappa shape index (κ1) is 16.9. The van der Waals surface area contributed by atoms with E-state index < -0.39 is 15.6 Å². The predicted molar refractivity (Wildman–Crippen MR) is 86.6 cm³/mol. The highest BCUT2D eigenvalue weighted by Crippen LogP contribution is 2.30. The van der Waals surface area contributed by atoms with Gasteiger partial charge >= 0.3 is 0 Å². The number of aryl methyl sites for hydroxylation is 1. The molecule has 0 saturated carbocycles. The van der Waals surface area contributed by atoms with Gasteiger partial charge in [0.05, 0.1) is 17.5 Å². The summed E-state index contributed by atoms with van der Waals surface area (Å²) in [4.78, 5) is 2.49. The Bertz CT molecular complexity index is 666. The highest BCUT2D eigenvalue weighted by Gasteiger charge is 2.43. The van der Waals surface area contributed by atoms with E-state index in [-0.39, 0.29) is 11.4 Å². The summed E-state index contributed by atoms with van der Waals surface area (Å²) in [5, 5.41) is 14.9. The van der Waals surface area contributed by atoms with Crippen LogP contribution < -0.4 is 0 Å². The van der Waals surface area contributed by atoms with Crippen LogP contribution in [0.4, 0.5) is 0 Å². The summed E-state index contributed by atoms with van der Waals surface area (Å²) in [5.41, 5.74) is -0.283. The number of hydrogen-bond acceptors (Lipinski definition) is 5. The lowest BCUT2D eigenvalue weighted by molar-refractivity contribution is 0.0232. The van der Waals surface area contributed by atoms with Gasteiger partial charge in [0.15, 0.2) is 0 Å². The van der Waals surface area contributed by atoms with E-state index in [0.29, 0.717) is 31.7 Å². The lowest BCUT2D eigenvalue weighted by Crippen LogP contribution is -2.45. The van der Waals surface area contributed by atoms with Crippen molar-refractivity contribution in [2.75, 3.05) is 32.7 Å². The zero-order chi connectivity index (χ0) is 16.7. The molecule has 8 heteroatoms. The second kappa shape index (κ2) is 6.16. The maximum Gasteiger partial charge on any atom is 0.246 e. The molecule has 1 atom stereocenters. The fourth-order valence-electron chi connectivity index (χ4n) is 3.65. The molecule has 0 amide bonds. The monoisotopic (exact) mass is 342 g/mol. The Morgan fingerprint density at radius 3 is 2.61 bits per heavy atom. The summed E-state index contributed by atoms with van der Waals surface area (Å²) >= 11 is 0. The van der Waals surface area contributed by atoms with Gasteiger partial charge in [0.25, 0.3) is 0 Å². The van der Waals surface area contributed by atoms with Crippen LogP contribution in [0.3, 0.4) is 0 Å². The molecule has 1 N–H and O–H groups in total. The van der Waals surface area contributed by atoms with Crippen LogP contribution in [0.2, 0.25) is 0 Å². The molecule has 130 valence electrons. The van der Waals surface area contributed by atoms with E-state index in [4.69, 9.17) is 0 Å². The Morgan fingerprint density at radius 1 is 1.30 bits per heavy atom.